The average molecular weight is 372 g/mol. The molecule has 1 amide bonds. The Morgan fingerprint density at radius 3 is 2.42 bits per heavy atom. The van der Waals surface area contributed by atoms with Crippen molar-refractivity contribution in [2.45, 2.75) is 52.4 Å². The highest BCUT2D eigenvalue weighted by atomic mass is 32.1. The number of amides is 1. The smallest absolute Gasteiger partial charge is 0.339 e. The molecule has 0 spiro atoms. The van der Waals surface area contributed by atoms with Gasteiger partial charge >= 0.3 is 5.97 Å². The topological polar surface area (TPSA) is 66.4 Å². The van der Waals surface area contributed by atoms with Crippen LogP contribution in [0, 0.1) is 5.92 Å². The monoisotopic (exact) mass is 371 g/mol. The number of fused-ring (bicyclic) bond motifs is 1. The number of anilines is 1. The molecule has 0 saturated carbocycles. The van der Waals surface area contributed by atoms with E-state index in [-0.39, 0.29) is 16.9 Å². The summed E-state index contributed by atoms with van der Waals surface area (Å²) in [5.74, 6) is -0.675. The van der Waals surface area contributed by atoms with Gasteiger partial charge in [0.15, 0.2) is 0 Å². The normalized spacial score (nSPS) is 16.8. The van der Waals surface area contributed by atoms with E-state index in [0.29, 0.717) is 16.5 Å². The lowest BCUT2D eigenvalue weighted by atomic mass is 9.86. The van der Waals surface area contributed by atoms with Crippen LogP contribution in [0.5, 0.6) is 0 Å². The number of carboxylic acid groups (broad SMARTS) is 1. The zero-order chi connectivity index (χ0) is 19.1. The molecule has 0 fully saturated rings. The third-order valence-corrected chi connectivity index (χ3v) is 6.14. The first-order chi connectivity index (χ1) is 12.2. The van der Waals surface area contributed by atoms with Crippen molar-refractivity contribution in [3.63, 3.8) is 0 Å². The first kappa shape index (κ1) is 18.6. The van der Waals surface area contributed by atoms with Crippen LogP contribution in [0.4, 0.5) is 5.00 Å². The third kappa shape index (κ3) is 3.68. The molecule has 0 radical (unpaired) electrons. The number of benzene rings is 1. The van der Waals surface area contributed by atoms with Crippen molar-refractivity contribution in [3.8, 4) is 0 Å². The summed E-state index contributed by atoms with van der Waals surface area (Å²) in [6.07, 6.45) is 2.65. The van der Waals surface area contributed by atoms with Crippen LogP contribution in [0.1, 0.15) is 70.8 Å². The Bertz CT molecular complexity index is 843. The van der Waals surface area contributed by atoms with Gasteiger partial charge in [-0.1, -0.05) is 39.8 Å². The van der Waals surface area contributed by atoms with Crippen molar-refractivity contribution in [2.75, 3.05) is 5.32 Å². The van der Waals surface area contributed by atoms with Crippen LogP contribution < -0.4 is 5.32 Å². The molecule has 4 nitrogen and oxygen atoms in total. The molecule has 1 aliphatic rings. The Morgan fingerprint density at radius 1 is 1.19 bits per heavy atom. The number of hydrogen-bond acceptors (Lipinski definition) is 3. The van der Waals surface area contributed by atoms with Gasteiger partial charge in [0.2, 0.25) is 0 Å². The van der Waals surface area contributed by atoms with Gasteiger partial charge in [-0.15, -0.1) is 11.3 Å². The van der Waals surface area contributed by atoms with E-state index in [1.807, 2.05) is 12.1 Å². The van der Waals surface area contributed by atoms with Crippen LogP contribution >= 0.6 is 11.3 Å². The van der Waals surface area contributed by atoms with Gasteiger partial charge < -0.3 is 10.4 Å². The maximum absolute atomic E-state index is 12.6. The van der Waals surface area contributed by atoms with Crippen LogP contribution in [0.15, 0.2) is 24.3 Å². The number of rotatable bonds is 3. The van der Waals surface area contributed by atoms with Gasteiger partial charge in [-0.05, 0) is 53.9 Å². The fourth-order valence-corrected chi connectivity index (χ4v) is 4.76. The van der Waals surface area contributed by atoms with Gasteiger partial charge in [0.25, 0.3) is 5.91 Å². The van der Waals surface area contributed by atoms with Crippen molar-refractivity contribution in [3.05, 3.63) is 51.4 Å². The van der Waals surface area contributed by atoms with Crippen LogP contribution in [0.3, 0.4) is 0 Å². The van der Waals surface area contributed by atoms with Gasteiger partial charge in [-0.2, -0.15) is 0 Å². The maximum atomic E-state index is 12.6. The van der Waals surface area contributed by atoms with E-state index in [1.165, 1.54) is 11.3 Å². The highest BCUT2D eigenvalue weighted by Gasteiger charge is 2.28. The van der Waals surface area contributed by atoms with Crippen molar-refractivity contribution in [2.24, 2.45) is 5.92 Å². The van der Waals surface area contributed by atoms with E-state index in [2.05, 4.69) is 33.0 Å². The van der Waals surface area contributed by atoms with Crippen LogP contribution in [0.2, 0.25) is 0 Å². The summed E-state index contributed by atoms with van der Waals surface area (Å²) in [7, 11) is 0. The molecule has 3 rings (SSSR count). The summed E-state index contributed by atoms with van der Waals surface area (Å²) in [5, 5.41) is 12.9. The molecule has 2 N–H and O–H groups in total. The van der Waals surface area contributed by atoms with Crippen molar-refractivity contribution in [1.82, 2.24) is 0 Å². The van der Waals surface area contributed by atoms with Crippen LogP contribution in [-0.2, 0) is 18.3 Å². The molecule has 1 aliphatic carbocycles. The quantitative estimate of drug-likeness (QED) is 0.787. The molecule has 1 unspecified atom stereocenters. The predicted octanol–water partition coefficient (Wildman–Crippen LogP) is 5.12. The predicted molar refractivity (Wildman–Crippen MR) is 106 cm³/mol. The number of carboxylic acids is 1. The highest BCUT2D eigenvalue weighted by molar-refractivity contribution is 7.17. The summed E-state index contributed by atoms with van der Waals surface area (Å²) < 4.78 is 0. The maximum Gasteiger partial charge on any atom is 0.339 e. The molecule has 1 aromatic carbocycles. The minimum Gasteiger partial charge on any atom is -0.478 e. The first-order valence-corrected chi connectivity index (χ1v) is 9.78. The van der Waals surface area contributed by atoms with Crippen molar-refractivity contribution in [1.29, 1.82) is 0 Å². The number of aromatic carboxylic acids is 1. The van der Waals surface area contributed by atoms with Gasteiger partial charge in [0.1, 0.15) is 5.00 Å². The Labute approximate surface area is 158 Å². The summed E-state index contributed by atoms with van der Waals surface area (Å²) in [4.78, 5) is 25.5. The van der Waals surface area contributed by atoms with E-state index in [4.69, 9.17) is 0 Å². The molecule has 0 saturated heterocycles. The lowest BCUT2D eigenvalue weighted by Crippen LogP contribution is -2.16. The largest absolute Gasteiger partial charge is 0.478 e. The van der Waals surface area contributed by atoms with Crippen LogP contribution in [-0.4, -0.2) is 17.0 Å². The standard InChI is InChI=1S/C21H25NO3S/c1-12-5-10-15-16(11-12)26-19(17(15)20(24)25)22-18(23)13-6-8-14(9-7-13)21(2,3)4/h6-9,12H,5,10-11H2,1-4H3,(H,22,23)(H,24,25). The minimum absolute atomic E-state index is 0.0228. The fourth-order valence-electron chi connectivity index (χ4n) is 3.36. The molecule has 1 atom stereocenters. The Balaban J connectivity index is 1.87. The second-order valence-corrected chi connectivity index (χ2v) is 9.25. The van der Waals surface area contributed by atoms with Crippen molar-refractivity contribution >= 4 is 28.2 Å². The third-order valence-electron chi connectivity index (χ3n) is 4.97. The number of carbonyl (C=O) groups excluding carboxylic acids is 1. The minimum atomic E-state index is -0.963. The molecule has 1 heterocycles. The summed E-state index contributed by atoms with van der Waals surface area (Å²) in [6, 6.07) is 7.50. The lowest BCUT2D eigenvalue weighted by Gasteiger charge is -2.19. The van der Waals surface area contributed by atoms with Crippen molar-refractivity contribution < 1.29 is 14.7 Å². The van der Waals surface area contributed by atoms with E-state index < -0.39 is 5.97 Å². The summed E-state index contributed by atoms with van der Waals surface area (Å²) in [5.41, 5.74) is 2.89. The fraction of sp³-hybridized carbons (Fsp3) is 0.429. The van der Waals surface area contributed by atoms with Gasteiger partial charge in [-0.25, -0.2) is 4.79 Å². The van der Waals surface area contributed by atoms with E-state index >= 15 is 0 Å². The number of carbonyl (C=O) groups is 2. The highest BCUT2D eigenvalue weighted by Crippen LogP contribution is 2.39. The average Bonchev–Trinajstić information content (AvgIpc) is 2.91. The SMILES string of the molecule is CC1CCc2c(sc(NC(=O)c3ccc(C(C)(C)C)cc3)c2C(=O)O)C1. The summed E-state index contributed by atoms with van der Waals surface area (Å²) >= 11 is 1.41. The van der Waals surface area contributed by atoms with E-state index in [9.17, 15) is 14.7 Å². The molecular formula is C21H25NO3S. The molecule has 0 aliphatic heterocycles. The van der Waals surface area contributed by atoms with E-state index in [1.54, 1.807) is 12.1 Å². The molecule has 138 valence electrons. The molecule has 26 heavy (non-hydrogen) atoms. The summed E-state index contributed by atoms with van der Waals surface area (Å²) in [6.45, 7) is 8.55. The number of thiophene rings is 1. The Morgan fingerprint density at radius 2 is 1.85 bits per heavy atom. The molecule has 0 bridgehead atoms. The zero-order valence-corrected chi connectivity index (χ0v) is 16.5. The second kappa shape index (κ2) is 6.88. The molecule has 5 heteroatoms. The number of hydrogen-bond donors (Lipinski definition) is 2. The Kier molecular flexibility index (Phi) is 4.93. The van der Waals surface area contributed by atoms with Gasteiger partial charge in [0.05, 0.1) is 5.56 Å². The van der Waals surface area contributed by atoms with Gasteiger partial charge in [-0.3, -0.25) is 4.79 Å². The van der Waals surface area contributed by atoms with Crippen LogP contribution in [0.25, 0.3) is 0 Å². The lowest BCUT2D eigenvalue weighted by molar-refractivity contribution is 0.0697. The molecular weight excluding hydrogens is 346 g/mol. The van der Waals surface area contributed by atoms with E-state index in [0.717, 1.165) is 35.3 Å². The van der Waals surface area contributed by atoms with Gasteiger partial charge in [0, 0.05) is 10.4 Å². The second-order valence-electron chi connectivity index (χ2n) is 8.14. The molecule has 1 aromatic heterocycles. The molecule has 2 aromatic rings. The first-order valence-electron chi connectivity index (χ1n) is 8.96. The number of nitrogens with one attached hydrogen (secondary N) is 1. The zero-order valence-electron chi connectivity index (χ0n) is 15.7. The Hall–Kier alpha value is -2.14.